The molecule has 158 valence electrons. The van der Waals surface area contributed by atoms with E-state index >= 15 is 0 Å². The minimum Gasteiger partial charge on any atom is -0.507 e. The van der Waals surface area contributed by atoms with E-state index < -0.39 is 11.9 Å². The minimum absolute atomic E-state index is 0.00114. The average Bonchev–Trinajstić information content (AvgIpc) is 3.26. The number of carboxylic acid groups (broad SMARTS) is 1. The topological polar surface area (TPSA) is 83.8 Å². The van der Waals surface area contributed by atoms with Crippen LogP contribution in [0.4, 0.5) is 0 Å². The smallest absolute Gasteiger partial charge is 0.311 e. The van der Waals surface area contributed by atoms with Gasteiger partial charge in [0.25, 0.3) is 0 Å². The molecule has 2 aliphatic rings. The van der Waals surface area contributed by atoms with Gasteiger partial charge < -0.3 is 14.9 Å². The van der Waals surface area contributed by atoms with E-state index in [9.17, 15) is 14.7 Å². The van der Waals surface area contributed by atoms with Crippen molar-refractivity contribution in [1.82, 2.24) is 0 Å². The standard InChI is InChI=1S/C27H20O5/c28-23-5-2-6-24(32-26(31)14-13-25(29)30)27(23)18-9-10-20-17(15-18)8-12-21-19-4-1-3-16(19)7-11-22(20)21/h1-9,11-12,15,28H,10,13-14H2,(H,29,30). The second-order valence-electron chi connectivity index (χ2n) is 7.85. The molecule has 0 aromatic heterocycles. The van der Waals surface area contributed by atoms with Gasteiger partial charge in [0.15, 0.2) is 0 Å². The summed E-state index contributed by atoms with van der Waals surface area (Å²) in [5.74, 6) is -1.51. The Hall–Kier alpha value is -4.12. The summed E-state index contributed by atoms with van der Waals surface area (Å²) in [5, 5.41) is 24.0. The predicted octanol–water partition coefficient (Wildman–Crippen LogP) is 3.54. The van der Waals surface area contributed by atoms with Gasteiger partial charge in [0.2, 0.25) is 0 Å². The maximum Gasteiger partial charge on any atom is 0.311 e. The molecule has 3 aromatic carbocycles. The molecule has 0 radical (unpaired) electrons. The molecule has 0 fully saturated rings. The molecule has 0 saturated carbocycles. The van der Waals surface area contributed by atoms with Crippen LogP contribution in [-0.4, -0.2) is 22.2 Å². The van der Waals surface area contributed by atoms with Gasteiger partial charge in [0, 0.05) is 0 Å². The maximum atomic E-state index is 12.1. The van der Waals surface area contributed by atoms with Gasteiger partial charge in [-0.05, 0) is 62.5 Å². The van der Waals surface area contributed by atoms with Gasteiger partial charge in [-0.15, -0.1) is 0 Å². The lowest BCUT2D eigenvalue weighted by atomic mass is 9.89. The van der Waals surface area contributed by atoms with Crippen molar-refractivity contribution in [2.24, 2.45) is 0 Å². The first-order valence-electron chi connectivity index (χ1n) is 10.4. The average molecular weight is 424 g/mol. The van der Waals surface area contributed by atoms with Crippen molar-refractivity contribution in [1.29, 1.82) is 0 Å². The number of carbonyl (C=O) groups excluding carboxylic acids is 1. The van der Waals surface area contributed by atoms with Gasteiger partial charge in [0.05, 0.1) is 18.4 Å². The molecule has 2 N–H and O–H groups in total. The Bertz CT molecular complexity index is 1470. The number of phenolic OH excluding ortho intramolecular Hbond substituents is 1. The molecular formula is C27H20O5. The number of carboxylic acids is 1. The number of aliphatic carboxylic acids is 1. The molecule has 0 spiro atoms. The number of esters is 1. The molecule has 0 saturated heterocycles. The molecular weight excluding hydrogens is 404 g/mol. The van der Waals surface area contributed by atoms with Crippen molar-refractivity contribution in [2.45, 2.75) is 19.3 Å². The normalized spacial score (nSPS) is 13.6. The Morgan fingerprint density at radius 1 is 0.969 bits per heavy atom. The van der Waals surface area contributed by atoms with Crippen LogP contribution in [-0.2, 0) is 16.0 Å². The molecule has 0 unspecified atom stereocenters. The van der Waals surface area contributed by atoms with E-state index in [0.29, 0.717) is 12.0 Å². The summed E-state index contributed by atoms with van der Waals surface area (Å²) in [6.45, 7) is 0. The Morgan fingerprint density at radius 2 is 1.78 bits per heavy atom. The van der Waals surface area contributed by atoms with Gasteiger partial charge in [0.1, 0.15) is 11.5 Å². The number of allylic oxidation sites excluding steroid dienone is 3. The summed E-state index contributed by atoms with van der Waals surface area (Å²) in [6, 6.07) is 13.2. The molecule has 5 heteroatoms. The number of benzene rings is 3. The lowest BCUT2D eigenvalue weighted by Crippen LogP contribution is -2.15. The summed E-state index contributed by atoms with van der Waals surface area (Å²) in [6.07, 6.45) is 10.4. The van der Waals surface area contributed by atoms with Crippen LogP contribution in [0.3, 0.4) is 0 Å². The van der Waals surface area contributed by atoms with E-state index in [1.165, 1.54) is 27.1 Å². The molecule has 32 heavy (non-hydrogen) atoms. The number of ether oxygens (including phenoxy) is 1. The van der Waals surface area contributed by atoms with E-state index in [1.807, 2.05) is 12.2 Å². The molecule has 2 aliphatic carbocycles. The van der Waals surface area contributed by atoms with E-state index in [-0.39, 0.29) is 24.3 Å². The number of aromatic hydroxyl groups is 1. The highest BCUT2D eigenvalue weighted by Gasteiger charge is 2.19. The van der Waals surface area contributed by atoms with E-state index in [0.717, 1.165) is 10.8 Å². The maximum absolute atomic E-state index is 12.1. The lowest BCUT2D eigenvalue weighted by molar-refractivity contribution is -0.142. The highest BCUT2D eigenvalue weighted by Crippen LogP contribution is 2.37. The number of phenols is 1. The van der Waals surface area contributed by atoms with Crippen molar-refractivity contribution in [3.63, 3.8) is 0 Å². The molecule has 0 amide bonds. The number of hydrogen-bond donors (Lipinski definition) is 2. The van der Waals surface area contributed by atoms with Gasteiger partial charge >= 0.3 is 11.9 Å². The van der Waals surface area contributed by atoms with Crippen LogP contribution in [0.2, 0.25) is 0 Å². The fourth-order valence-corrected chi connectivity index (χ4v) is 4.36. The van der Waals surface area contributed by atoms with Gasteiger partial charge in [-0.25, -0.2) is 0 Å². The fraction of sp³-hybridized carbons (Fsp3) is 0.111. The van der Waals surface area contributed by atoms with Crippen LogP contribution in [0.15, 0.2) is 54.6 Å². The summed E-state index contributed by atoms with van der Waals surface area (Å²) in [4.78, 5) is 22.8. The molecule has 0 atom stereocenters. The highest BCUT2D eigenvalue weighted by atomic mass is 16.5. The zero-order valence-electron chi connectivity index (χ0n) is 17.2. The second-order valence-corrected chi connectivity index (χ2v) is 7.85. The third kappa shape index (κ3) is 3.48. The third-order valence-electron chi connectivity index (χ3n) is 5.86. The summed E-state index contributed by atoms with van der Waals surface area (Å²) >= 11 is 0. The van der Waals surface area contributed by atoms with Gasteiger partial charge in [-0.3, -0.25) is 9.59 Å². The molecule has 0 heterocycles. The van der Waals surface area contributed by atoms with Crippen LogP contribution < -0.4 is 15.2 Å². The van der Waals surface area contributed by atoms with Crippen molar-refractivity contribution in [2.75, 3.05) is 0 Å². The van der Waals surface area contributed by atoms with Crippen LogP contribution in [0.25, 0.3) is 34.6 Å². The van der Waals surface area contributed by atoms with Crippen LogP contribution >= 0.6 is 0 Å². The second kappa shape index (κ2) is 7.85. The van der Waals surface area contributed by atoms with Gasteiger partial charge in [-0.2, -0.15) is 0 Å². The van der Waals surface area contributed by atoms with Crippen molar-refractivity contribution in [3.05, 3.63) is 81.7 Å². The third-order valence-corrected chi connectivity index (χ3v) is 5.86. The predicted molar refractivity (Wildman–Crippen MR) is 123 cm³/mol. The number of fused-ring (bicyclic) bond motifs is 5. The SMILES string of the molecule is O=C(O)CCC(=O)Oc1cccc(O)c1C1=CCc2c(ccc3c4c(ccc23)=CC=C4)=C1. The molecule has 0 bridgehead atoms. The van der Waals surface area contributed by atoms with Crippen LogP contribution in [0.1, 0.15) is 29.5 Å². The van der Waals surface area contributed by atoms with E-state index in [1.54, 1.807) is 18.2 Å². The Labute approximate surface area is 183 Å². The monoisotopic (exact) mass is 424 g/mol. The van der Waals surface area contributed by atoms with Crippen LogP contribution in [0.5, 0.6) is 11.5 Å². The van der Waals surface area contributed by atoms with E-state index in [4.69, 9.17) is 9.84 Å². The number of rotatable bonds is 5. The Balaban J connectivity index is 1.54. The number of hydrogen-bond acceptors (Lipinski definition) is 4. The zero-order valence-corrected chi connectivity index (χ0v) is 17.2. The highest BCUT2D eigenvalue weighted by molar-refractivity contribution is 6.00. The quantitative estimate of drug-likeness (QED) is 0.484. The minimum atomic E-state index is -1.07. The fourth-order valence-electron chi connectivity index (χ4n) is 4.36. The summed E-state index contributed by atoms with van der Waals surface area (Å²) < 4.78 is 5.40. The molecule has 3 aromatic rings. The van der Waals surface area contributed by atoms with E-state index in [2.05, 4.69) is 42.5 Å². The lowest BCUT2D eigenvalue weighted by Gasteiger charge is -2.17. The summed E-state index contributed by atoms with van der Waals surface area (Å²) in [5.41, 5.74) is 3.62. The van der Waals surface area contributed by atoms with Crippen molar-refractivity contribution >= 4 is 46.5 Å². The van der Waals surface area contributed by atoms with Crippen LogP contribution in [0, 0.1) is 0 Å². The zero-order chi connectivity index (χ0) is 22.2. The van der Waals surface area contributed by atoms with Crippen molar-refractivity contribution < 1.29 is 24.5 Å². The first-order valence-corrected chi connectivity index (χ1v) is 10.4. The summed E-state index contributed by atoms with van der Waals surface area (Å²) in [7, 11) is 0. The molecule has 5 nitrogen and oxygen atoms in total. The largest absolute Gasteiger partial charge is 0.507 e. The first-order chi connectivity index (χ1) is 15.5. The first kappa shape index (κ1) is 19.8. The number of carbonyl (C=O) groups is 2. The van der Waals surface area contributed by atoms with Gasteiger partial charge in [-0.1, -0.05) is 54.6 Å². The Kier molecular flexibility index (Phi) is 4.86. The molecule has 5 rings (SSSR count). The molecule has 0 aliphatic heterocycles. The Morgan fingerprint density at radius 3 is 2.62 bits per heavy atom. The van der Waals surface area contributed by atoms with Crippen molar-refractivity contribution in [3.8, 4) is 11.5 Å².